The lowest BCUT2D eigenvalue weighted by atomic mass is 9.75. The van der Waals surface area contributed by atoms with E-state index in [9.17, 15) is 9.59 Å². The van der Waals surface area contributed by atoms with Crippen LogP contribution in [0.3, 0.4) is 0 Å². The molecular formula is C26H37N3O4. The number of rotatable bonds is 9. The average Bonchev–Trinajstić information content (AvgIpc) is 2.97. The number of likely N-dealkylation sites (tertiary alicyclic amines) is 1. The minimum Gasteiger partial charge on any atom is -0.447 e. The Morgan fingerprint density at radius 3 is 2.48 bits per heavy atom. The van der Waals surface area contributed by atoms with Crippen molar-refractivity contribution in [1.82, 2.24) is 4.90 Å². The van der Waals surface area contributed by atoms with Crippen molar-refractivity contribution in [3.8, 4) is 0 Å². The van der Waals surface area contributed by atoms with E-state index < -0.39 is 5.41 Å². The third-order valence-electron chi connectivity index (χ3n) is 6.39. The molecule has 0 atom stereocenters. The highest BCUT2D eigenvalue weighted by molar-refractivity contribution is 6.13. The maximum absolute atomic E-state index is 13.7. The van der Waals surface area contributed by atoms with Crippen LogP contribution >= 0.6 is 0 Å². The monoisotopic (exact) mass is 455 g/mol. The zero-order chi connectivity index (χ0) is 24.2. The lowest BCUT2D eigenvalue weighted by Gasteiger charge is -2.46. The summed E-state index contributed by atoms with van der Waals surface area (Å²) in [4.78, 5) is 34.4. The predicted molar refractivity (Wildman–Crippen MR) is 131 cm³/mol. The summed E-state index contributed by atoms with van der Waals surface area (Å²) in [6, 6.07) is 7.87. The van der Waals surface area contributed by atoms with Crippen molar-refractivity contribution in [2.75, 3.05) is 31.1 Å². The SMILES string of the molecule is CC(C)=C(C)N=C(CCCCCO)CN1C(=O)C2(CN(C(=O)OC(C)C)C2)c2ccccc21. The molecule has 1 aromatic rings. The molecule has 0 radical (unpaired) electrons. The smallest absolute Gasteiger partial charge is 0.410 e. The molecule has 0 aliphatic carbocycles. The van der Waals surface area contributed by atoms with Gasteiger partial charge in [-0.1, -0.05) is 30.2 Å². The fourth-order valence-corrected chi connectivity index (χ4v) is 4.39. The minimum atomic E-state index is -0.708. The molecule has 2 amide bonds. The number of aliphatic imine (C=N–C) groups is 1. The second-order valence-electron chi connectivity index (χ2n) is 9.58. The molecule has 1 fully saturated rings. The topological polar surface area (TPSA) is 82.4 Å². The molecule has 0 unspecified atom stereocenters. The normalized spacial score (nSPS) is 16.8. The Hall–Kier alpha value is -2.67. The van der Waals surface area contributed by atoms with Crippen molar-refractivity contribution in [2.45, 2.75) is 71.8 Å². The van der Waals surface area contributed by atoms with Gasteiger partial charge in [0.25, 0.3) is 0 Å². The molecule has 1 saturated heterocycles. The number of nitrogens with zero attached hydrogens (tertiary/aromatic N) is 3. The van der Waals surface area contributed by atoms with Gasteiger partial charge in [-0.3, -0.25) is 9.79 Å². The van der Waals surface area contributed by atoms with Crippen molar-refractivity contribution in [2.24, 2.45) is 4.99 Å². The van der Waals surface area contributed by atoms with Crippen molar-refractivity contribution in [3.63, 3.8) is 0 Å². The number of para-hydroxylation sites is 1. The zero-order valence-electron chi connectivity index (χ0n) is 20.6. The summed E-state index contributed by atoms with van der Waals surface area (Å²) in [5.74, 6) is 0.0233. The first kappa shape index (κ1) is 25.0. The van der Waals surface area contributed by atoms with Gasteiger partial charge in [0.05, 0.1) is 12.6 Å². The van der Waals surface area contributed by atoms with Crippen molar-refractivity contribution >= 4 is 23.4 Å². The molecule has 0 aromatic heterocycles. The van der Waals surface area contributed by atoms with Crippen molar-refractivity contribution < 1.29 is 19.4 Å². The Labute approximate surface area is 197 Å². The molecule has 0 saturated carbocycles. The number of carbonyl (C=O) groups excluding carboxylic acids is 2. The lowest BCUT2D eigenvalue weighted by molar-refractivity contribution is -0.128. The second-order valence-corrected chi connectivity index (χ2v) is 9.58. The van der Waals surface area contributed by atoms with E-state index in [0.717, 1.165) is 53.9 Å². The highest BCUT2D eigenvalue weighted by Gasteiger charge is 2.59. The van der Waals surface area contributed by atoms with Crippen LogP contribution in [0.5, 0.6) is 0 Å². The van der Waals surface area contributed by atoms with Gasteiger partial charge in [-0.05, 0) is 65.5 Å². The van der Waals surface area contributed by atoms with E-state index in [1.54, 1.807) is 4.90 Å². The van der Waals surface area contributed by atoms with Gasteiger partial charge >= 0.3 is 6.09 Å². The van der Waals surface area contributed by atoms with Crippen LogP contribution in [-0.4, -0.2) is 60.1 Å². The van der Waals surface area contributed by atoms with Gasteiger partial charge in [0.15, 0.2) is 0 Å². The van der Waals surface area contributed by atoms with E-state index in [-0.39, 0.29) is 24.7 Å². The molecule has 1 N–H and O–H groups in total. The molecule has 3 rings (SSSR count). The highest BCUT2D eigenvalue weighted by Crippen LogP contribution is 2.47. The molecule has 2 heterocycles. The summed E-state index contributed by atoms with van der Waals surface area (Å²) in [5, 5.41) is 9.10. The van der Waals surface area contributed by atoms with E-state index in [1.165, 1.54) is 0 Å². The fourth-order valence-electron chi connectivity index (χ4n) is 4.39. The van der Waals surface area contributed by atoms with Crippen LogP contribution in [0.2, 0.25) is 0 Å². The van der Waals surface area contributed by atoms with Crippen LogP contribution in [0.4, 0.5) is 10.5 Å². The van der Waals surface area contributed by atoms with Gasteiger partial charge in [-0.15, -0.1) is 0 Å². The molecule has 2 aliphatic rings. The number of ether oxygens (including phenoxy) is 1. The maximum atomic E-state index is 13.7. The van der Waals surface area contributed by atoms with E-state index in [0.29, 0.717) is 19.6 Å². The van der Waals surface area contributed by atoms with Crippen molar-refractivity contribution in [1.29, 1.82) is 0 Å². The Morgan fingerprint density at radius 2 is 1.85 bits per heavy atom. The van der Waals surface area contributed by atoms with Gasteiger partial charge in [0, 0.05) is 36.8 Å². The number of amides is 2. The van der Waals surface area contributed by atoms with Gasteiger partial charge in [-0.2, -0.15) is 0 Å². The Balaban J connectivity index is 1.83. The standard InChI is InChI=1S/C26H37N3O4/c1-18(2)20(5)27-21(11-7-6-10-14-30)15-29-23-13-9-8-12-22(23)26(24(29)31)16-28(17-26)25(32)33-19(3)4/h8-9,12-13,19,30H,6-7,10-11,14-17H2,1-5H3. The Morgan fingerprint density at radius 1 is 1.15 bits per heavy atom. The van der Waals surface area contributed by atoms with Crippen LogP contribution in [0.15, 0.2) is 40.5 Å². The third-order valence-corrected chi connectivity index (χ3v) is 6.39. The quantitative estimate of drug-likeness (QED) is 0.441. The summed E-state index contributed by atoms with van der Waals surface area (Å²) in [5.41, 5.74) is 4.24. The number of fused-ring (bicyclic) bond motifs is 2. The first-order valence-electron chi connectivity index (χ1n) is 11.9. The molecule has 0 bridgehead atoms. The summed E-state index contributed by atoms with van der Waals surface area (Å²) in [7, 11) is 0. The average molecular weight is 456 g/mol. The number of benzene rings is 1. The van der Waals surface area contributed by atoms with Gasteiger partial charge < -0.3 is 19.6 Å². The highest BCUT2D eigenvalue weighted by atomic mass is 16.6. The molecule has 7 heteroatoms. The molecular weight excluding hydrogens is 418 g/mol. The number of hydrogen-bond acceptors (Lipinski definition) is 5. The molecule has 7 nitrogen and oxygen atoms in total. The Bertz CT molecular complexity index is 941. The van der Waals surface area contributed by atoms with E-state index in [4.69, 9.17) is 14.8 Å². The number of carbonyl (C=O) groups is 2. The number of aliphatic hydroxyl groups is 1. The van der Waals surface area contributed by atoms with E-state index >= 15 is 0 Å². The number of allylic oxidation sites excluding steroid dienone is 2. The predicted octanol–water partition coefficient (Wildman–Crippen LogP) is 4.44. The van der Waals surface area contributed by atoms with Gasteiger partial charge in [0.2, 0.25) is 5.91 Å². The van der Waals surface area contributed by atoms with Crippen LogP contribution in [0.1, 0.15) is 65.9 Å². The summed E-state index contributed by atoms with van der Waals surface area (Å²) in [6.45, 7) is 11.0. The van der Waals surface area contributed by atoms with Crippen LogP contribution in [-0.2, 0) is 14.9 Å². The number of unbranched alkanes of at least 4 members (excludes halogenated alkanes) is 2. The van der Waals surface area contributed by atoms with E-state index in [1.807, 2.05) is 63.8 Å². The second kappa shape index (κ2) is 10.5. The molecule has 1 aromatic carbocycles. The summed E-state index contributed by atoms with van der Waals surface area (Å²) < 4.78 is 5.32. The number of aliphatic hydroxyl groups excluding tert-OH is 1. The summed E-state index contributed by atoms with van der Waals surface area (Å²) in [6.07, 6.45) is 2.82. The Kier molecular flexibility index (Phi) is 7.95. The van der Waals surface area contributed by atoms with Crippen LogP contribution in [0.25, 0.3) is 0 Å². The minimum absolute atomic E-state index is 0.0233. The first-order valence-corrected chi connectivity index (χ1v) is 11.9. The summed E-state index contributed by atoms with van der Waals surface area (Å²) >= 11 is 0. The number of hydrogen-bond donors (Lipinski definition) is 1. The largest absolute Gasteiger partial charge is 0.447 e. The maximum Gasteiger partial charge on any atom is 0.410 e. The van der Waals surface area contributed by atoms with E-state index in [2.05, 4.69) is 0 Å². The molecule has 180 valence electrons. The fraction of sp³-hybridized carbons (Fsp3) is 0.577. The number of anilines is 1. The van der Waals surface area contributed by atoms with Crippen LogP contribution < -0.4 is 4.90 Å². The lowest BCUT2D eigenvalue weighted by Crippen LogP contribution is -2.65. The first-order chi connectivity index (χ1) is 15.7. The molecule has 2 aliphatic heterocycles. The van der Waals surface area contributed by atoms with Gasteiger partial charge in [-0.25, -0.2) is 4.79 Å². The van der Waals surface area contributed by atoms with Crippen LogP contribution in [0, 0.1) is 0 Å². The van der Waals surface area contributed by atoms with Crippen molar-refractivity contribution in [3.05, 3.63) is 41.1 Å². The van der Waals surface area contributed by atoms with Gasteiger partial charge in [0.1, 0.15) is 5.41 Å². The molecule has 1 spiro atoms. The third kappa shape index (κ3) is 5.29. The zero-order valence-corrected chi connectivity index (χ0v) is 20.6. The molecule has 33 heavy (non-hydrogen) atoms.